The zero-order chi connectivity index (χ0) is 35.4. The van der Waals surface area contributed by atoms with Crippen molar-refractivity contribution in [3.8, 4) is 34.0 Å². The quantitative estimate of drug-likeness (QED) is 0.171. The molecule has 2 aliphatic rings. The van der Waals surface area contributed by atoms with Crippen LogP contribution in [-0.4, -0.2) is 94.0 Å². The van der Waals surface area contributed by atoms with Gasteiger partial charge in [-0.15, -0.1) is 0 Å². The Morgan fingerprint density at radius 1 is 1.06 bits per heavy atom. The van der Waals surface area contributed by atoms with Crippen LogP contribution in [0.4, 0.5) is 14.5 Å². The van der Waals surface area contributed by atoms with E-state index in [0.717, 1.165) is 19.5 Å². The molecule has 4 heterocycles. The number of benzene rings is 2. The van der Waals surface area contributed by atoms with Crippen molar-refractivity contribution in [1.82, 2.24) is 24.8 Å². The predicted molar refractivity (Wildman–Crippen MR) is 185 cm³/mol. The number of pyridine rings is 1. The average molecular weight is 730 g/mol. The number of hydrogen-bond acceptors (Lipinski definition) is 10. The number of methoxy groups -OCH3 is 1. The normalized spacial score (nSPS) is 16.4. The molecule has 1 saturated heterocycles. The molecule has 2 aliphatic heterocycles. The van der Waals surface area contributed by atoms with E-state index in [1.165, 1.54) is 13.2 Å². The van der Waals surface area contributed by atoms with Crippen LogP contribution in [0.2, 0.25) is 10.0 Å². The smallest absolute Gasteiger partial charge is 0.387 e. The maximum absolute atomic E-state index is 13.5. The molecular formula is C35H36Cl2F2N6O5. The summed E-state index contributed by atoms with van der Waals surface area (Å²) >= 11 is 13.8. The summed E-state index contributed by atoms with van der Waals surface area (Å²) in [5, 5.41) is 22.2. The zero-order valence-corrected chi connectivity index (χ0v) is 28.7. The average Bonchev–Trinajstić information content (AvgIpc) is 3.57. The molecule has 15 heteroatoms. The van der Waals surface area contributed by atoms with Crippen molar-refractivity contribution in [2.75, 3.05) is 51.8 Å². The SMILES string of the molecule is COc1nc(-c2cccc(-c3cccc(NC(=O)c4cc(OC(F)F)c5c(n4)CN(CCO)CC5)c3Cl)c2Cl)cnc1CN1CCC(CO)C1. The number of nitrogens with zero attached hydrogens (tertiary/aromatic N) is 5. The van der Waals surface area contributed by atoms with E-state index in [0.29, 0.717) is 76.3 Å². The Bertz CT molecular complexity index is 1870. The highest BCUT2D eigenvalue weighted by Crippen LogP contribution is 2.41. The summed E-state index contributed by atoms with van der Waals surface area (Å²) in [4.78, 5) is 31.4. The second kappa shape index (κ2) is 15.9. The first-order chi connectivity index (χ1) is 24.2. The number of likely N-dealkylation sites (tertiary alicyclic amines) is 1. The highest BCUT2D eigenvalue weighted by atomic mass is 35.5. The van der Waals surface area contributed by atoms with E-state index in [-0.39, 0.29) is 47.8 Å². The lowest BCUT2D eigenvalue weighted by molar-refractivity contribution is -0.0508. The van der Waals surface area contributed by atoms with Crippen LogP contribution in [0, 0.1) is 5.92 Å². The lowest BCUT2D eigenvalue weighted by atomic mass is 10.0. The number of ether oxygens (including phenoxy) is 2. The van der Waals surface area contributed by atoms with Crippen LogP contribution >= 0.6 is 23.2 Å². The van der Waals surface area contributed by atoms with Crippen molar-refractivity contribution in [1.29, 1.82) is 0 Å². The second-order valence-corrected chi connectivity index (χ2v) is 12.9. The molecule has 4 aromatic rings. The standard InChI is InChI=1S/C35H36Cl2F2N6O5/c1-49-34-29(18-45-10-8-20(16-45)19-47)40-15-27(43-34)24-6-2-4-21(31(24)36)22-5-3-7-25(32(22)37)42-33(48)26-14-30(50-35(38)39)23-9-11-44(12-13-46)17-28(23)41-26/h2-7,14-15,20,35,46-47H,8-13,16-19H2,1H3,(H,42,48). The van der Waals surface area contributed by atoms with Crippen molar-refractivity contribution in [3.05, 3.63) is 81.4 Å². The van der Waals surface area contributed by atoms with Gasteiger partial charge in [0, 0.05) is 67.7 Å². The van der Waals surface area contributed by atoms with Gasteiger partial charge in [0.2, 0.25) is 5.88 Å². The minimum Gasteiger partial charge on any atom is -0.480 e. The summed E-state index contributed by atoms with van der Waals surface area (Å²) in [6, 6.07) is 11.7. The van der Waals surface area contributed by atoms with E-state index in [4.69, 9.17) is 37.7 Å². The van der Waals surface area contributed by atoms with Gasteiger partial charge >= 0.3 is 6.61 Å². The molecule has 3 N–H and O–H groups in total. The number of aliphatic hydroxyl groups excluding tert-OH is 2. The van der Waals surface area contributed by atoms with Crippen LogP contribution in [0.3, 0.4) is 0 Å². The van der Waals surface area contributed by atoms with Gasteiger partial charge in [0.1, 0.15) is 17.1 Å². The molecule has 0 radical (unpaired) electrons. The fourth-order valence-corrected chi connectivity index (χ4v) is 6.98. The van der Waals surface area contributed by atoms with Crippen molar-refractivity contribution in [3.63, 3.8) is 0 Å². The highest BCUT2D eigenvalue weighted by molar-refractivity contribution is 6.39. The number of amides is 1. The molecular weight excluding hydrogens is 693 g/mol. The summed E-state index contributed by atoms with van der Waals surface area (Å²) < 4.78 is 37.0. The van der Waals surface area contributed by atoms with E-state index in [1.807, 2.05) is 11.0 Å². The third-order valence-corrected chi connectivity index (χ3v) is 9.72. The number of fused-ring (bicyclic) bond motifs is 1. The summed E-state index contributed by atoms with van der Waals surface area (Å²) in [5.41, 5.74) is 3.92. The lowest BCUT2D eigenvalue weighted by Gasteiger charge is -2.28. The second-order valence-electron chi connectivity index (χ2n) is 12.1. The van der Waals surface area contributed by atoms with E-state index in [1.54, 1.807) is 36.5 Å². The first kappa shape index (κ1) is 35.8. The van der Waals surface area contributed by atoms with Crippen molar-refractivity contribution < 1.29 is 33.3 Å². The van der Waals surface area contributed by atoms with Gasteiger partial charge in [0.15, 0.2) is 0 Å². The minimum absolute atomic E-state index is 0.0720. The van der Waals surface area contributed by atoms with Crippen LogP contribution in [0.1, 0.15) is 33.9 Å². The third-order valence-electron chi connectivity index (χ3n) is 8.90. The summed E-state index contributed by atoms with van der Waals surface area (Å²) in [7, 11) is 1.54. The Labute approximate surface area is 297 Å². The maximum atomic E-state index is 13.5. The molecule has 6 rings (SSSR count). The summed E-state index contributed by atoms with van der Waals surface area (Å²) in [6.07, 6.45) is 2.95. The Morgan fingerprint density at radius 2 is 1.82 bits per heavy atom. The highest BCUT2D eigenvalue weighted by Gasteiger charge is 2.27. The van der Waals surface area contributed by atoms with E-state index in [2.05, 4.69) is 20.2 Å². The first-order valence-electron chi connectivity index (χ1n) is 16.1. The van der Waals surface area contributed by atoms with E-state index in [9.17, 15) is 23.8 Å². The van der Waals surface area contributed by atoms with Gasteiger partial charge in [-0.05, 0) is 31.4 Å². The Kier molecular flexibility index (Phi) is 11.4. The number of aromatic nitrogens is 3. The molecule has 11 nitrogen and oxygen atoms in total. The Balaban J connectivity index is 1.26. The van der Waals surface area contributed by atoms with Gasteiger partial charge in [-0.25, -0.2) is 9.97 Å². The fraction of sp³-hybridized carbons (Fsp3) is 0.371. The molecule has 1 atom stereocenters. The number of β-amino-alcohol motifs (C(OH)–C–C–N with tert-alkyl or cyclic N) is 1. The number of hydrogen-bond donors (Lipinski definition) is 3. The number of nitrogens with one attached hydrogen (secondary N) is 1. The van der Waals surface area contributed by atoms with Gasteiger partial charge < -0.3 is 25.0 Å². The molecule has 0 saturated carbocycles. The van der Waals surface area contributed by atoms with Gasteiger partial charge in [-0.2, -0.15) is 8.78 Å². The molecule has 0 aliphatic carbocycles. The summed E-state index contributed by atoms with van der Waals surface area (Å²) in [6.45, 7) is 0.353. The zero-order valence-electron chi connectivity index (χ0n) is 27.2. The molecule has 1 unspecified atom stereocenters. The molecule has 264 valence electrons. The number of halogens is 4. The number of anilines is 1. The Hall–Kier alpha value is -3.98. The molecule has 50 heavy (non-hydrogen) atoms. The van der Waals surface area contributed by atoms with Crippen LogP contribution in [-0.2, 0) is 19.5 Å². The van der Waals surface area contributed by atoms with Crippen molar-refractivity contribution >= 4 is 34.8 Å². The van der Waals surface area contributed by atoms with E-state index >= 15 is 0 Å². The molecule has 1 fully saturated rings. The van der Waals surface area contributed by atoms with Gasteiger partial charge in [0.25, 0.3) is 5.91 Å². The largest absolute Gasteiger partial charge is 0.480 e. The number of rotatable bonds is 12. The van der Waals surface area contributed by atoms with Gasteiger partial charge in [-0.1, -0.05) is 53.5 Å². The number of carbonyl (C=O) groups is 1. The molecule has 0 spiro atoms. The monoisotopic (exact) mass is 728 g/mol. The number of alkyl halides is 2. The Morgan fingerprint density at radius 3 is 2.54 bits per heavy atom. The van der Waals surface area contributed by atoms with E-state index < -0.39 is 12.5 Å². The minimum atomic E-state index is -3.08. The van der Waals surface area contributed by atoms with Crippen LogP contribution in [0.25, 0.3) is 22.4 Å². The van der Waals surface area contributed by atoms with Crippen molar-refractivity contribution in [2.45, 2.75) is 32.5 Å². The van der Waals surface area contributed by atoms with Crippen LogP contribution < -0.4 is 14.8 Å². The fourth-order valence-electron chi connectivity index (χ4n) is 6.38. The number of carbonyl (C=O) groups excluding carboxylic acids is 1. The molecule has 1 amide bonds. The topological polar surface area (TPSA) is 133 Å². The van der Waals surface area contributed by atoms with Gasteiger partial charge in [-0.3, -0.25) is 19.6 Å². The predicted octanol–water partition coefficient (Wildman–Crippen LogP) is 5.54. The van der Waals surface area contributed by atoms with Crippen molar-refractivity contribution in [2.24, 2.45) is 5.92 Å². The lowest BCUT2D eigenvalue weighted by Crippen LogP contribution is -2.34. The summed E-state index contributed by atoms with van der Waals surface area (Å²) in [5.74, 6) is -0.161. The first-order valence-corrected chi connectivity index (χ1v) is 16.9. The number of aliphatic hydroxyl groups is 2. The van der Waals surface area contributed by atoms with Crippen LogP contribution in [0.15, 0.2) is 48.7 Å². The van der Waals surface area contributed by atoms with Crippen LogP contribution in [0.5, 0.6) is 11.6 Å². The maximum Gasteiger partial charge on any atom is 0.387 e. The molecule has 2 aromatic heterocycles. The third kappa shape index (κ3) is 7.83. The van der Waals surface area contributed by atoms with Gasteiger partial charge in [0.05, 0.1) is 47.0 Å². The molecule has 0 bridgehead atoms. The molecule has 2 aromatic carbocycles.